The molecule has 0 spiro atoms. The summed E-state index contributed by atoms with van der Waals surface area (Å²) in [5.74, 6) is 0.750. The third kappa shape index (κ3) is 3.69. The molecule has 0 radical (unpaired) electrons. The first-order valence-electron chi connectivity index (χ1n) is 9.03. The first-order chi connectivity index (χ1) is 10.2. The predicted molar refractivity (Wildman–Crippen MR) is 92.7 cm³/mol. The second kappa shape index (κ2) is 7.98. The molecular weight excluding hydrogens is 254 g/mol. The summed E-state index contributed by atoms with van der Waals surface area (Å²) in [5, 5.41) is 3.94. The predicted octanol–water partition coefficient (Wildman–Crippen LogP) is 5.30. The van der Waals surface area contributed by atoms with Crippen LogP contribution in [0.25, 0.3) is 0 Å². The van der Waals surface area contributed by atoms with E-state index < -0.39 is 0 Å². The Balaban J connectivity index is 2.31. The maximum absolute atomic E-state index is 3.94. The summed E-state index contributed by atoms with van der Waals surface area (Å²) >= 11 is 0. The fourth-order valence-electron chi connectivity index (χ4n) is 4.42. The highest BCUT2D eigenvalue weighted by Crippen LogP contribution is 2.46. The fraction of sp³-hybridized carbons (Fsp3) is 0.700. The molecule has 1 saturated carbocycles. The zero-order chi connectivity index (χ0) is 15.1. The van der Waals surface area contributed by atoms with Crippen LogP contribution in [0.2, 0.25) is 0 Å². The lowest BCUT2D eigenvalue weighted by atomic mass is 9.68. The maximum atomic E-state index is 3.94. The van der Waals surface area contributed by atoms with E-state index in [9.17, 15) is 0 Å². The number of hydrogen-bond donors (Lipinski definition) is 1. The molecule has 2 rings (SSSR count). The molecule has 1 aliphatic rings. The van der Waals surface area contributed by atoms with Gasteiger partial charge in [0.05, 0.1) is 0 Å². The van der Waals surface area contributed by atoms with Crippen molar-refractivity contribution < 1.29 is 0 Å². The van der Waals surface area contributed by atoms with Gasteiger partial charge >= 0.3 is 0 Å². The van der Waals surface area contributed by atoms with Gasteiger partial charge in [0.1, 0.15) is 0 Å². The van der Waals surface area contributed by atoms with Crippen molar-refractivity contribution in [1.82, 2.24) is 5.32 Å². The minimum absolute atomic E-state index is 0.366. The van der Waals surface area contributed by atoms with Crippen LogP contribution in [0.15, 0.2) is 30.3 Å². The summed E-state index contributed by atoms with van der Waals surface area (Å²) in [7, 11) is 0. The largest absolute Gasteiger partial charge is 0.313 e. The molecule has 1 nitrogen and oxygen atoms in total. The van der Waals surface area contributed by atoms with Crippen molar-refractivity contribution in [1.29, 1.82) is 0 Å². The van der Waals surface area contributed by atoms with Gasteiger partial charge in [-0.25, -0.2) is 0 Å². The highest BCUT2D eigenvalue weighted by atomic mass is 14.9. The lowest BCUT2D eigenvalue weighted by Gasteiger charge is -2.42. The van der Waals surface area contributed by atoms with E-state index in [0.29, 0.717) is 11.5 Å². The molecule has 0 aliphatic heterocycles. The molecule has 1 fully saturated rings. The first kappa shape index (κ1) is 16.5. The van der Waals surface area contributed by atoms with Crippen molar-refractivity contribution in [2.75, 3.05) is 6.54 Å². The van der Waals surface area contributed by atoms with E-state index >= 15 is 0 Å². The van der Waals surface area contributed by atoms with Gasteiger partial charge in [-0.15, -0.1) is 0 Å². The van der Waals surface area contributed by atoms with Gasteiger partial charge in [0.2, 0.25) is 0 Å². The Kier molecular flexibility index (Phi) is 6.29. The molecule has 2 unspecified atom stereocenters. The van der Waals surface area contributed by atoms with Crippen LogP contribution in [-0.2, 0) is 5.41 Å². The molecular formula is C20H33N. The number of benzene rings is 1. The van der Waals surface area contributed by atoms with Crippen LogP contribution >= 0.6 is 0 Å². The van der Waals surface area contributed by atoms with Gasteiger partial charge in [-0.05, 0) is 43.7 Å². The standard InChI is InChI=1S/C20H33N/c1-4-11-17(3)19(21-16-5-2)20(14-9-10-15-20)18-12-7-6-8-13-18/h6-8,12-13,17,19,21H,4-5,9-11,14-16H2,1-3H3. The Bertz CT molecular complexity index is 392. The Morgan fingerprint density at radius 2 is 1.71 bits per heavy atom. The van der Waals surface area contributed by atoms with E-state index in [-0.39, 0.29) is 0 Å². The topological polar surface area (TPSA) is 12.0 Å². The molecule has 0 saturated heterocycles. The third-order valence-corrected chi connectivity index (χ3v) is 5.37. The van der Waals surface area contributed by atoms with Gasteiger partial charge in [-0.1, -0.05) is 70.4 Å². The van der Waals surface area contributed by atoms with E-state index in [0.717, 1.165) is 12.5 Å². The maximum Gasteiger partial charge on any atom is 0.0190 e. The summed E-state index contributed by atoms with van der Waals surface area (Å²) in [6.07, 6.45) is 9.32. The summed E-state index contributed by atoms with van der Waals surface area (Å²) in [5.41, 5.74) is 1.93. The van der Waals surface area contributed by atoms with E-state index in [2.05, 4.69) is 56.4 Å². The zero-order valence-corrected chi connectivity index (χ0v) is 14.2. The lowest BCUT2D eigenvalue weighted by Crippen LogP contribution is -2.51. The van der Waals surface area contributed by atoms with Crippen LogP contribution in [0.4, 0.5) is 0 Å². The van der Waals surface area contributed by atoms with Crippen LogP contribution in [0.3, 0.4) is 0 Å². The van der Waals surface area contributed by atoms with Crippen LogP contribution < -0.4 is 5.32 Å². The van der Waals surface area contributed by atoms with Gasteiger partial charge in [0, 0.05) is 11.5 Å². The molecule has 118 valence electrons. The van der Waals surface area contributed by atoms with E-state index in [4.69, 9.17) is 0 Å². The second-order valence-electron chi connectivity index (χ2n) is 6.93. The minimum atomic E-state index is 0.366. The fourth-order valence-corrected chi connectivity index (χ4v) is 4.42. The van der Waals surface area contributed by atoms with Gasteiger partial charge < -0.3 is 5.32 Å². The number of rotatable bonds is 8. The molecule has 1 aromatic rings. The average Bonchev–Trinajstić information content (AvgIpc) is 2.99. The summed E-state index contributed by atoms with van der Waals surface area (Å²) in [6, 6.07) is 11.9. The normalized spacial score (nSPS) is 20.3. The van der Waals surface area contributed by atoms with Crippen LogP contribution in [-0.4, -0.2) is 12.6 Å². The summed E-state index contributed by atoms with van der Waals surface area (Å²) in [6.45, 7) is 8.20. The lowest BCUT2D eigenvalue weighted by molar-refractivity contribution is 0.217. The monoisotopic (exact) mass is 287 g/mol. The Labute approximate surface area is 131 Å². The molecule has 2 atom stereocenters. The average molecular weight is 287 g/mol. The van der Waals surface area contributed by atoms with Crippen LogP contribution in [0, 0.1) is 5.92 Å². The molecule has 0 amide bonds. The van der Waals surface area contributed by atoms with Crippen molar-refractivity contribution in [3.05, 3.63) is 35.9 Å². The van der Waals surface area contributed by atoms with E-state index in [1.807, 2.05) is 0 Å². The molecule has 0 heterocycles. The molecule has 1 heteroatoms. The number of hydrogen-bond acceptors (Lipinski definition) is 1. The van der Waals surface area contributed by atoms with Crippen molar-refractivity contribution >= 4 is 0 Å². The van der Waals surface area contributed by atoms with E-state index in [1.165, 1.54) is 44.9 Å². The summed E-state index contributed by atoms with van der Waals surface area (Å²) in [4.78, 5) is 0. The molecule has 1 N–H and O–H groups in total. The zero-order valence-electron chi connectivity index (χ0n) is 14.2. The first-order valence-corrected chi connectivity index (χ1v) is 9.03. The van der Waals surface area contributed by atoms with Gasteiger partial charge in [0.25, 0.3) is 0 Å². The van der Waals surface area contributed by atoms with Gasteiger partial charge in [-0.3, -0.25) is 0 Å². The molecule has 1 aliphatic carbocycles. The minimum Gasteiger partial charge on any atom is -0.313 e. The molecule has 0 bridgehead atoms. The molecule has 21 heavy (non-hydrogen) atoms. The van der Waals surface area contributed by atoms with Crippen LogP contribution in [0.1, 0.15) is 71.3 Å². The SMILES string of the molecule is CCCNC(C(C)CCC)C1(c2ccccc2)CCCC1. The Hall–Kier alpha value is -0.820. The quantitative estimate of drug-likeness (QED) is 0.684. The Morgan fingerprint density at radius 1 is 1.05 bits per heavy atom. The summed E-state index contributed by atoms with van der Waals surface area (Å²) < 4.78 is 0. The smallest absolute Gasteiger partial charge is 0.0190 e. The van der Waals surface area contributed by atoms with Crippen molar-refractivity contribution in [2.24, 2.45) is 5.92 Å². The van der Waals surface area contributed by atoms with Crippen LogP contribution in [0.5, 0.6) is 0 Å². The van der Waals surface area contributed by atoms with Crippen molar-refractivity contribution in [2.45, 2.75) is 77.2 Å². The highest BCUT2D eigenvalue weighted by Gasteiger charge is 2.44. The van der Waals surface area contributed by atoms with Crippen molar-refractivity contribution in [3.63, 3.8) is 0 Å². The van der Waals surface area contributed by atoms with Gasteiger partial charge in [0.15, 0.2) is 0 Å². The number of nitrogens with one attached hydrogen (secondary N) is 1. The van der Waals surface area contributed by atoms with Crippen molar-refractivity contribution in [3.8, 4) is 0 Å². The molecule has 0 aromatic heterocycles. The third-order valence-electron chi connectivity index (χ3n) is 5.37. The second-order valence-corrected chi connectivity index (χ2v) is 6.93. The van der Waals surface area contributed by atoms with E-state index in [1.54, 1.807) is 5.56 Å². The van der Waals surface area contributed by atoms with Gasteiger partial charge in [-0.2, -0.15) is 0 Å². The highest BCUT2D eigenvalue weighted by molar-refractivity contribution is 5.29. The Morgan fingerprint density at radius 3 is 2.29 bits per heavy atom. The molecule has 1 aromatic carbocycles.